The van der Waals surface area contributed by atoms with Crippen molar-refractivity contribution in [1.29, 1.82) is 0 Å². The van der Waals surface area contributed by atoms with Gasteiger partial charge in [-0.3, -0.25) is 9.80 Å². The fourth-order valence-corrected chi connectivity index (χ4v) is 3.83. The Hall–Kier alpha value is -1.73. The molecule has 7 heteroatoms. The van der Waals surface area contributed by atoms with Crippen LogP contribution >= 0.6 is 11.6 Å². The third-order valence-electron chi connectivity index (χ3n) is 5.05. The second-order valence-corrected chi connectivity index (χ2v) is 7.41. The van der Waals surface area contributed by atoms with Crippen molar-refractivity contribution in [3.8, 4) is 11.5 Å². The molecule has 0 bridgehead atoms. The highest BCUT2D eigenvalue weighted by molar-refractivity contribution is 6.31. The van der Waals surface area contributed by atoms with Crippen LogP contribution in [0, 0.1) is 6.92 Å². The van der Waals surface area contributed by atoms with Gasteiger partial charge in [-0.05, 0) is 37.1 Å². The predicted molar refractivity (Wildman–Crippen MR) is 104 cm³/mol. The summed E-state index contributed by atoms with van der Waals surface area (Å²) in [5.74, 6) is 2.34. The van der Waals surface area contributed by atoms with Crippen molar-refractivity contribution >= 4 is 11.6 Å². The Labute approximate surface area is 164 Å². The van der Waals surface area contributed by atoms with Gasteiger partial charge in [0.1, 0.15) is 11.5 Å². The van der Waals surface area contributed by atoms with Crippen LogP contribution in [0.15, 0.2) is 28.7 Å². The van der Waals surface area contributed by atoms with Crippen LogP contribution in [0.2, 0.25) is 5.02 Å². The molecule has 1 aromatic heterocycles. The Kier molecular flexibility index (Phi) is 6.65. The van der Waals surface area contributed by atoms with Crippen LogP contribution in [0.25, 0.3) is 0 Å². The molecule has 0 saturated carbocycles. The molecular weight excluding hydrogens is 368 g/mol. The second kappa shape index (κ2) is 8.97. The van der Waals surface area contributed by atoms with E-state index in [9.17, 15) is 10.2 Å². The van der Waals surface area contributed by atoms with Crippen molar-refractivity contribution in [2.24, 2.45) is 0 Å². The molecule has 2 aromatic rings. The van der Waals surface area contributed by atoms with Crippen molar-refractivity contribution in [1.82, 2.24) is 9.80 Å². The molecule has 1 aliphatic rings. The van der Waals surface area contributed by atoms with Crippen molar-refractivity contribution in [3.05, 3.63) is 46.4 Å². The number of piperazine rings is 1. The standard InChI is InChI=1S/C20H27ClN2O4/c1-14-3-4-17(27-14)13-23-7-6-22(12-16(23)5-8-24)11-15-9-20(26-2)19(25)10-18(15)21/h3-4,9-10,16,24-25H,5-8,11-13H2,1-2H3/t16-/m0/s1. The van der Waals surface area contributed by atoms with E-state index in [2.05, 4.69) is 9.80 Å². The van der Waals surface area contributed by atoms with E-state index in [0.717, 1.165) is 43.3 Å². The third-order valence-corrected chi connectivity index (χ3v) is 5.40. The SMILES string of the molecule is COc1cc(CN2CCN(Cc3ccc(C)o3)[C@@H](CCO)C2)c(Cl)cc1O. The quantitative estimate of drug-likeness (QED) is 0.752. The zero-order valence-corrected chi connectivity index (χ0v) is 16.6. The maximum absolute atomic E-state index is 9.84. The molecule has 1 aliphatic heterocycles. The van der Waals surface area contributed by atoms with E-state index in [1.54, 1.807) is 6.07 Å². The normalized spacial score (nSPS) is 18.7. The number of methoxy groups -OCH3 is 1. The number of aryl methyl sites for hydroxylation is 1. The lowest BCUT2D eigenvalue weighted by Crippen LogP contribution is -2.52. The summed E-state index contributed by atoms with van der Waals surface area (Å²) >= 11 is 6.31. The Balaban J connectivity index is 1.67. The van der Waals surface area contributed by atoms with Crippen LogP contribution in [0.1, 0.15) is 23.5 Å². The van der Waals surface area contributed by atoms with Crippen molar-refractivity contribution in [2.75, 3.05) is 33.4 Å². The highest BCUT2D eigenvalue weighted by atomic mass is 35.5. The molecule has 2 N–H and O–H groups in total. The molecular formula is C20H27ClN2O4. The fraction of sp³-hybridized carbons (Fsp3) is 0.500. The molecule has 1 fully saturated rings. The van der Waals surface area contributed by atoms with Crippen LogP contribution in [0.3, 0.4) is 0 Å². The largest absolute Gasteiger partial charge is 0.504 e. The van der Waals surface area contributed by atoms with E-state index in [4.69, 9.17) is 20.8 Å². The number of aliphatic hydroxyl groups is 1. The summed E-state index contributed by atoms with van der Waals surface area (Å²) < 4.78 is 10.9. The highest BCUT2D eigenvalue weighted by Gasteiger charge is 2.28. The predicted octanol–water partition coefficient (Wildman–Crippen LogP) is 3.02. The molecule has 2 heterocycles. The number of rotatable bonds is 7. The molecule has 1 atom stereocenters. The van der Waals surface area contributed by atoms with Gasteiger partial charge in [0.2, 0.25) is 0 Å². The van der Waals surface area contributed by atoms with Gasteiger partial charge in [0.25, 0.3) is 0 Å². The average Bonchev–Trinajstić information content (AvgIpc) is 3.04. The molecule has 0 amide bonds. The number of halogens is 1. The molecule has 3 rings (SSSR count). The number of nitrogens with zero attached hydrogens (tertiary/aromatic N) is 2. The van der Waals surface area contributed by atoms with Crippen LogP contribution in [-0.4, -0.2) is 59.4 Å². The summed E-state index contributed by atoms with van der Waals surface area (Å²) in [5.41, 5.74) is 0.921. The Bertz CT molecular complexity index is 764. The smallest absolute Gasteiger partial charge is 0.160 e. The first-order chi connectivity index (χ1) is 13.0. The number of hydrogen-bond acceptors (Lipinski definition) is 6. The van der Waals surface area contributed by atoms with Crippen LogP contribution in [0.4, 0.5) is 0 Å². The number of hydrogen-bond donors (Lipinski definition) is 2. The van der Waals surface area contributed by atoms with Crippen LogP contribution < -0.4 is 4.74 Å². The lowest BCUT2D eigenvalue weighted by Gasteiger charge is -2.41. The zero-order chi connectivity index (χ0) is 19.4. The Morgan fingerprint density at radius 3 is 2.74 bits per heavy atom. The third kappa shape index (κ3) is 4.96. The maximum Gasteiger partial charge on any atom is 0.160 e. The van der Waals surface area contributed by atoms with E-state index in [-0.39, 0.29) is 18.4 Å². The van der Waals surface area contributed by atoms with Gasteiger partial charge in [-0.25, -0.2) is 0 Å². The van der Waals surface area contributed by atoms with Crippen molar-refractivity contribution < 1.29 is 19.4 Å². The first-order valence-corrected chi connectivity index (χ1v) is 9.56. The zero-order valence-electron chi connectivity index (χ0n) is 15.8. The van der Waals surface area contributed by atoms with E-state index in [0.29, 0.717) is 23.7 Å². The number of aliphatic hydroxyl groups excluding tert-OH is 1. The van der Waals surface area contributed by atoms with E-state index < -0.39 is 0 Å². The Morgan fingerprint density at radius 1 is 1.26 bits per heavy atom. The first-order valence-electron chi connectivity index (χ1n) is 9.18. The minimum atomic E-state index is 0.0444. The lowest BCUT2D eigenvalue weighted by atomic mass is 10.1. The summed E-state index contributed by atoms with van der Waals surface area (Å²) in [6.45, 7) is 6.13. The van der Waals surface area contributed by atoms with Gasteiger partial charge in [0, 0.05) is 49.9 Å². The van der Waals surface area contributed by atoms with Crippen LogP contribution in [-0.2, 0) is 13.1 Å². The molecule has 27 heavy (non-hydrogen) atoms. The molecule has 1 aromatic carbocycles. The number of phenolic OH excluding ortho intramolecular Hbond substituents is 1. The number of ether oxygens (including phenoxy) is 1. The fourth-order valence-electron chi connectivity index (χ4n) is 3.61. The monoisotopic (exact) mass is 394 g/mol. The lowest BCUT2D eigenvalue weighted by molar-refractivity contribution is 0.0454. The molecule has 0 spiro atoms. The van der Waals surface area contributed by atoms with Gasteiger partial charge in [-0.2, -0.15) is 0 Å². The van der Waals surface area contributed by atoms with Gasteiger partial charge >= 0.3 is 0 Å². The molecule has 0 aliphatic carbocycles. The minimum absolute atomic E-state index is 0.0444. The van der Waals surface area contributed by atoms with E-state index in [1.165, 1.54) is 13.2 Å². The van der Waals surface area contributed by atoms with Gasteiger partial charge in [0.15, 0.2) is 11.5 Å². The number of benzene rings is 1. The molecule has 0 radical (unpaired) electrons. The second-order valence-electron chi connectivity index (χ2n) is 7.00. The summed E-state index contributed by atoms with van der Waals surface area (Å²) in [6, 6.07) is 7.55. The number of furan rings is 1. The Morgan fingerprint density at radius 2 is 2.07 bits per heavy atom. The van der Waals surface area contributed by atoms with E-state index >= 15 is 0 Å². The van der Waals surface area contributed by atoms with Crippen molar-refractivity contribution in [2.45, 2.75) is 32.5 Å². The van der Waals surface area contributed by atoms with Crippen molar-refractivity contribution in [3.63, 3.8) is 0 Å². The van der Waals surface area contributed by atoms with Crippen LogP contribution in [0.5, 0.6) is 11.5 Å². The van der Waals surface area contributed by atoms with E-state index in [1.807, 2.05) is 19.1 Å². The molecule has 0 unspecified atom stereocenters. The molecule has 6 nitrogen and oxygen atoms in total. The van der Waals surface area contributed by atoms with Gasteiger partial charge in [0.05, 0.1) is 13.7 Å². The maximum atomic E-state index is 9.84. The first kappa shape index (κ1) is 20.0. The molecule has 1 saturated heterocycles. The van der Waals surface area contributed by atoms with Gasteiger partial charge in [-0.15, -0.1) is 0 Å². The summed E-state index contributed by atoms with van der Waals surface area (Å²) in [5, 5.41) is 19.9. The summed E-state index contributed by atoms with van der Waals surface area (Å²) in [7, 11) is 1.53. The number of aromatic hydroxyl groups is 1. The minimum Gasteiger partial charge on any atom is -0.504 e. The summed E-state index contributed by atoms with van der Waals surface area (Å²) in [6.07, 6.45) is 0.711. The van der Waals surface area contributed by atoms with Gasteiger partial charge in [-0.1, -0.05) is 11.6 Å². The summed E-state index contributed by atoms with van der Waals surface area (Å²) in [4.78, 5) is 4.69. The number of phenols is 1. The topological polar surface area (TPSA) is 69.3 Å². The molecule has 148 valence electrons. The average molecular weight is 395 g/mol. The van der Waals surface area contributed by atoms with Gasteiger partial charge < -0.3 is 19.4 Å². The highest BCUT2D eigenvalue weighted by Crippen LogP contribution is 2.33.